The highest BCUT2D eigenvalue weighted by Crippen LogP contribution is 2.25. The summed E-state index contributed by atoms with van der Waals surface area (Å²) in [5, 5.41) is 9.17. The van der Waals surface area contributed by atoms with E-state index in [1.165, 1.54) is 0 Å². The van der Waals surface area contributed by atoms with Gasteiger partial charge in [0.15, 0.2) is 0 Å². The zero-order valence-electron chi connectivity index (χ0n) is 9.82. The van der Waals surface area contributed by atoms with E-state index in [-0.39, 0.29) is 0 Å². The van der Waals surface area contributed by atoms with Crippen molar-refractivity contribution in [1.29, 1.82) is 0 Å². The summed E-state index contributed by atoms with van der Waals surface area (Å²) in [6.07, 6.45) is 2.74. The van der Waals surface area contributed by atoms with Crippen molar-refractivity contribution in [2.24, 2.45) is 0 Å². The van der Waals surface area contributed by atoms with Crippen LogP contribution in [0, 0.1) is 0 Å². The molecule has 1 rings (SSSR count). The second-order valence-electron chi connectivity index (χ2n) is 3.70. The van der Waals surface area contributed by atoms with Gasteiger partial charge in [-0.05, 0) is 24.6 Å². The zero-order chi connectivity index (χ0) is 12.8. The van der Waals surface area contributed by atoms with E-state index >= 15 is 0 Å². The minimum Gasteiger partial charge on any atom is -0.478 e. The molecular weight excluding hydrogens is 282 g/mol. The van der Waals surface area contributed by atoms with E-state index < -0.39 is 5.97 Å². The highest BCUT2D eigenvalue weighted by atomic mass is 79.9. The van der Waals surface area contributed by atoms with Crippen molar-refractivity contribution >= 4 is 27.6 Å². The Bertz CT molecular complexity index is 418. The van der Waals surface area contributed by atoms with Crippen LogP contribution in [0.4, 0.5) is 5.69 Å². The smallest absolute Gasteiger partial charge is 0.337 e. The number of anilines is 1. The van der Waals surface area contributed by atoms with Crippen LogP contribution in [0.15, 0.2) is 35.3 Å². The normalized spacial score (nSPS) is 10.0. The molecule has 0 fully saturated rings. The van der Waals surface area contributed by atoms with Crippen molar-refractivity contribution in [2.75, 3.05) is 18.0 Å². The van der Waals surface area contributed by atoms with Crippen LogP contribution in [0.5, 0.6) is 0 Å². The minimum absolute atomic E-state index is 0.323. The van der Waals surface area contributed by atoms with Gasteiger partial charge in [-0.3, -0.25) is 0 Å². The fraction of sp³-hybridized carbons (Fsp3) is 0.308. The number of nitrogens with zero attached hydrogens (tertiary/aromatic N) is 1. The van der Waals surface area contributed by atoms with Gasteiger partial charge in [-0.15, -0.1) is 6.58 Å². The summed E-state index contributed by atoms with van der Waals surface area (Å²) in [6.45, 7) is 7.22. The largest absolute Gasteiger partial charge is 0.478 e. The van der Waals surface area contributed by atoms with Crippen LogP contribution in [-0.4, -0.2) is 24.2 Å². The molecule has 92 valence electrons. The molecule has 0 bridgehead atoms. The third kappa shape index (κ3) is 3.60. The number of benzene rings is 1. The second-order valence-corrected chi connectivity index (χ2v) is 4.62. The molecule has 0 aliphatic rings. The Hall–Kier alpha value is -1.29. The van der Waals surface area contributed by atoms with Crippen LogP contribution in [0.2, 0.25) is 0 Å². The molecule has 0 aromatic heterocycles. The monoisotopic (exact) mass is 297 g/mol. The van der Waals surface area contributed by atoms with E-state index in [4.69, 9.17) is 0 Å². The van der Waals surface area contributed by atoms with E-state index in [0.29, 0.717) is 12.1 Å². The Labute approximate surface area is 110 Å². The predicted octanol–water partition coefficient (Wildman–Crippen LogP) is 3.55. The Balaban J connectivity index is 3.18. The second kappa shape index (κ2) is 6.45. The van der Waals surface area contributed by atoms with Gasteiger partial charge in [0.2, 0.25) is 0 Å². The lowest BCUT2D eigenvalue weighted by Crippen LogP contribution is -2.26. The Kier molecular flexibility index (Phi) is 5.22. The summed E-state index contributed by atoms with van der Waals surface area (Å²) in [5.74, 6) is -0.905. The Morgan fingerprint density at radius 2 is 2.29 bits per heavy atom. The fourth-order valence-electron chi connectivity index (χ4n) is 1.68. The van der Waals surface area contributed by atoms with Crippen LogP contribution in [0.3, 0.4) is 0 Å². The zero-order valence-corrected chi connectivity index (χ0v) is 11.4. The van der Waals surface area contributed by atoms with Crippen molar-refractivity contribution in [3.63, 3.8) is 0 Å². The summed E-state index contributed by atoms with van der Waals surface area (Å²) >= 11 is 3.37. The number of aromatic carboxylic acids is 1. The lowest BCUT2D eigenvalue weighted by molar-refractivity contribution is 0.0697. The number of carboxylic acids is 1. The SMILES string of the molecule is C=CCN(CCC)c1cc(Br)ccc1C(=O)O. The molecule has 0 unspecified atom stereocenters. The summed E-state index contributed by atoms with van der Waals surface area (Å²) in [6, 6.07) is 5.20. The molecule has 3 nitrogen and oxygen atoms in total. The highest BCUT2D eigenvalue weighted by molar-refractivity contribution is 9.10. The van der Waals surface area contributed by atoms with E-state index in [2.05, 4.69) is 29.4 Å². The first-order valence-electron chi connectivity index (χ1n) is 5.48. The maximum Gasteiger partial charge on any atom is 0.337 e. The van der Waals surface area contributed by atoms with Gasteiger partial charge >= 0.3 is 5.97 Å². The molecule has 0 amide bonds. The first-order chi connectivity index (χ1) is 8.10. The van der Waals surface area contributed by atoms with Crippen LogP contribution in [-0.2, 0) is 0 Å². The molecule has 0 atom stereocenters. The third-order valence-electron chi connectivity index (χ3n) is 2.37. The topological polar surface area (TPSA) is 40.5 Å². The Morgan fingerprint density at radius 1 is 1.59 bits per heavy atom. The lowest BCUT2D eigenvalue weighted by Gasteiger charge is -2.24. The highest BCUT2D eigenvalue weighted by Gasteiger charge is 2.15. The van der Waals surface area contributed by atoms with Gasteiger partial charge in [0.1, 0.15) is 0 Å². The average Bonchev–Trinajstić information content (AvgIpc) is 2.28. The van der Waals surface area contributed by atoms with E-state index in [1.54, 1.807) is 18.2 Å². The molecule has 0 saturated heterocycles. The van der Waals surface area contributed by atoms with Crippen LogP contribution >= 0.6 is 15.9 Å². The van der Waals surface area contributed by atoms with Gasteiger partial charge < -0.3 is 10.0 Å². The summed E-state index contributed by atoms with van der Waals surface area (Å²) in [5.41, 5.74) is 1.05. The molecule has 0 heterocycles. The molecule has 0 spiro atoms. The number of halogens is 1. The molecule has 1 N–H and O–H groups in total. The van der Waals surface area contributed by atoms with Crippen molar-refractivity contribution < 1.29 is 9.90 Å². The summed E-state index contributed by atoms with van der Waals surface area (Å²) in [4.78, 5) is 13.2. The molecule has 1 aromatic rings. The Morgan fingerprint density at radius 3 is 2.82 bits per heavy atom. The van der Waals surface area contributed by atoms with Crippen LogP contribution < -0.4 is 4.90 Å². The molecular formula is C13H16BrNO2. The fourth-order valence-corrected chi connectivity index (χ4v) is 2.03. The van der Waals surface area contributed by atoms with Crippen molar-refractivity contribution in [2.45, 2.75) is 13.3 Å². The number of hydrogen-bond acceptors (Lipinski definition) is 2. The van der Waals surface area contributed by atoms with E-state index in [9.17, 15) is 9.90 Å². The quantitative estimate of drug-likeness (QED) is 0.816. The maximum atomic E-state index is 11.2. The first kappa shape index (κ1) is 13.8. The van der Waals surface area contributed by atoms with Crippen molar-refractivity contribution in [3.8, 4) is 0 Å². The predicted molar refractivity (Wildman–Crippen MR) is 73.8 cm³/mol. The molecule has 0 saturated carbocycles. The van der Waals surface area contributed by atoms with E-state index in [1.807, 2.05) is 11.0 Å². The first-order valence-corrected chi connectivity index (χ1v) is 6.28. The third-order valence-corrected chi connectivity index (χ3v) is 2.87. The van der Waals surface area contributed by atoms with Gasteiger partial charge in [0, 0.05) is 17.6 Å². The molecule has 17 heavy (non-hydrogen) atoms. The van der Waals surface area contributed by atoms with Crippen molar-refractivity contribution in [1.82, 2.24) is 0 Å². The molecule has 4 heteroatoms. The number of rotatable bonds is 6. The summed E-state index contributed by atoms with van der Waals surface area (Å²) in [7, 11) is 0. The van der Waals surface area contributed by atoms with Gasteiger partial charge in [0.05, 0.1) is 11.3 Å². The number of hydrogen-bond donors (Lipinski definition) is 1. The van der Waals surface area contributed by atoms with E-state index in [0.717, 1.165) is 23.1 Å². The molecule has 0 aliphatic carbocycles. The van der Waals surface area contributed by atoms with Gasteiger partial charge in [-0.25, -0.2) is 4.79 Å². The van der Waals surface area contributed by atoms with Crippen LogP contribution in [0.1, 0.15) is 23.7 Å². The molecule has 1 aromatic carbocycles. The van der Waals surface area contributed by atoms with Gasteiger partial charge in [0.25, 0.3) is 0 Å². The molecule has 0 radical (unpaired) electrons. The number of carboxylic acid groups (broad SMARTS) is 1. The minimum atomic E-state index is -0.905. The maximum absolute atomic E-state index is 11.2. The van der Waals surface area contributed by atoms with Gasteiger partial charge in [-0.1, -0.05) is 28.9 Å². The van der Waals surface area contributed by atoms with Crippen LogP contribution in [0.25, 0.3) is 0 Å². The summed E-state index contributed by atoms with van der Waals surface area (Å²) < 4.78 is 0.877. The standard InChI is InChI=1S/C13H16BrNO2/c1-3-7-15(8-4-2)12-9-10(14)5-6-11(12)13(16)17/h3,5-6,9H,1,4,7-8H2,2H3,(H,16,17). The average molecular weight is 298 g/mol. The molecule has 0 aliphatic heterocycles. The van der Waals surface area contributed by atoms with Crippen molar-refractivity contribution in [3.05, 3.63) is 40.9 Å². The van der Waals surface area contributed by atoms with Gasteiger partial charge in [-0.2, -0.15) is 0 Å². The number of carbonyl (C=O) groups is 1. The lowest BCUT2D eigenvalue weighted by atomic mass is 10.1.